The Bertz CT molecular complexity index is 339. The number of rotatable bonds is 2. The summed E-state index contributed by atoms with van der Waals surface area (Å²) in [7, 11) is 0. The maximum absolute atomic E-state index is 10.6. The zero-order valence-electron chi connectivity index (χ0n) is 7.94. The smallest absolute Gasteiger partial charge is 0.768 e. The van der Waals surface area contributed by atoms with Gasteiger partial charge in [0.15, 0.2) is 0 Å². The van der Waals surface area contributed by atoms with E-state index < -0.39 is 11.1 Å². The largest absolute Gasteiger partial charge is 1.00 e. The third-order valence-electron chi connectivity index (χ3n) is 1.37. The van der Waals surface area contributed by atoms with Gasteiger partial charge in [-0.15, -0.1) is 0 Å². The molecule has 1 N–H and O–H groups in total. The average Bonchev–Trinajstić information content (AvgIpc) is 2.04. The van der Waals surface area contributed by atoms with E-state index >= 15 is 0 Å². The molecule has 1 aromatic rings. The second-order valence-electron chi connectivity index (χ2n) is 2.44. The van der Waals surface area contributed by atoms with Crippen LogP contribution in [0.1, 0.15) is 6.92 Å². The topological polar surface area (TPSA) is 69.2 Å². The monoisotopic (exact) mass is 221 g/mol. The fourth-order valence-corrected chi connectivity index (χ4v) is 1.21. The Labute approximate surface area is 107 Å². The Morgan fingerprint density at radius 3 is 2.21 bits per heavy atom. The van der Waals surface area contributed by atoms with Gasteiger partial charge in [-0.05, 0) is 35.3 Å². The molecule has 0 saturated heterocycles. The minimum atomic E-state index is -2.21. The second kappa shape index (κ2) is 6.31. The minimum Gasteiger partial charge on any atom is -0.768 e. The number of nitrogens with one attached hydrogen (secondary N) is 1. The van der Waals surface area contributed by atoms with Gasteiger partial charge < -0.3 is 9.87 Å². The van der Waals surface area contributed by atoms with Crippen LogP contribution in [0.4, 0.5) is 5.69 Å². The van der Waals surface area contributed by atoms with Crippen molar-refractivity contribution in [3.8, 4) is 0 Å². The predicted octanol–water partition coefficient (Wildman–Crippen LogP) is -2.11. The Balaban J connectivity index is 0.00000169. The van der Waals surface area contributed by atoms with E-state index in [1.54, 1.807) is 0 Å². The van der Waals surface area contributed by atoms with Gasteiger partial charge in [-0.1, -0.05) is 0 Å². The van der Waals surface area contributed by atoms with E-state index in [0.29, 0.717) is 5.69 Å². The third kappa shape index (κ3) is 4.34. The van der Waals surface area contributed by atoms with Gasteiger partial charge in [-0.25, -0.2) is 0 Å². The van der Waals surface area contributed by atoms with E-state index in [0.717, 1.165) is 0 Å². The first kappa shape index (κ1) is 13.8. The molecule has 14 heavy (non-hydrogen) atoms. The number of benzene rings is 1. The molecular formula is C8H8NNaO3S. The summed E-state index contributed by atoms with van der Waals surface area (Å²) in [6.07, 6.45) is 0. The quantitative estimate of drug-likeness (QED) is 0.459. The third-order valence-corrected chi connectivity index (χ3v) is 2.02. The summed E-state index contributed by atoms with van der Waals surface area (Å²) in [5.74, 6) is -0.184. The van der Waals surface area contributed by atoms with E-state index in [-0.39, 0.29) is 40.4 Å². The van der Waals surface area contributed by atoms with Gasteiger partial charge in [0.25, 0.3) is 0 Å². The molecule has 1 amide bonds. The summed E-state index contributed by atoms with van der Waals surface area (Å²) < 4.78 is 20.9. The van der Waals surface area contributed by atoms with Crippen molar-refractivity contribution in [2.24, 2.45) is 0 Å². The molecule has 0 bridgehead atoms. The molecule has 4 nitrogen and oxygen atoms in total. The van der Waals surface area contributed by atoms with Crippen LogP contribution in [-0.2, 0) is 15.9 Å². The van der Waals surface area contributed by atoms with Crippen LogP contribution in [0.15, 0.2) is 29.2 Å². The maximum Gasteiger partial charge on any atom is 1.00 e. The van der Waals surface area contributed by atoms with E-state index in [9.17, 15) is 13.6 Å². The summed E-state index contributed by atoms with van der Waals surface area (Å²) in [5, 5.41) is 2.53. The standard InChI is InChI=1S/C8H9NO3S.Na/c1-6(10)9-7-2-4-8(5-3-7)13(11)12;/h2-5H,1H3,(H,9,10)(H,11,12);/q;+1/p-1. The van der Waals surface area contributed by atoms with Gasteiger partial charge >= 0.3 is 29.6 Å². The van der Waals surface area contributed by atoms with Crippen LogP contribution in [0.3, 0.4) is 0 Å². The second-order valence-corrected chi connectivity index (χ2v) is 3.38. The summed E-state index contributed by atoms with van der Waals surface area (Å²) in [6.45, 7) is 1.39. The van der Waals surface area contributed by atoms with Gasteiger partial charge in [0.1, 0.15) is 0 Å². The van der Waals surface area contributed by atoms with E-state index in [4.69, 9.17) is 0 Å². The predicted molar refractivity (Wildman–Crippen MR) is 47.9 cm³/mol. The van der Waals surface area contributed by atoms with Gasteiger partial charge in [0, 0.05) is 17.5 Å². The number of amides is 1. The van der Waals surface area contributed by atoms with Crippen molar-refractivity contribution in [3.63, 3.8) is 0 Å². The van der Waals surface area contributed by atoms with Crippen molar-refractivity contribution in [1.29, 1.82) is 0 Å². The number of carbonyl (C=O) groups is 1. The fourth-order valence-electron chi connectivity index (χ4n) is 0.853. The molecule has 1 atom stereocenters. The minimum absolute atomic E-state index is 0. The van der Waals surface area contributed by atoms with Gasteiger partial charge in [-0.2, -0.15) is 0 Å². The van der Waals surface area contributed by atoms with Crippen LogP contribution in [0.2, 0.25) is 0 Å². The van der Waals surface area contributed by atoms with Crippen LogP contribution in [-0.4, -0.2) is 14.7 Å². The Hall–Kier alpha value is -0.200. The first-order valence-electron chi connectivity index (χ1n) is 3.56. The molecule has 0 aliphatic rings. The Morgan fingerprint density at radius 2 is 1.86 bits per heavy atom. The number of hydrogen-bond acceptors (Lipinski definition) is 3. The van der Waals surface area contributed by atoms with Crippen molar-refractivity contribution in [2.45, 2.75) is 11.8 Å². The Morgan fingerprint density at radius 1 is 1.36 bits per heavy atom. The molecule has 0 aliphatic carbocycles. The molecule has 70 valence electrons. The SMILES string of the molecule is CC(=O)Nc1ccc(S(=O)[O-])cc1.[Na+]. The molecule has 0 aromatic heterocycles. The number of anilines is 1. The van der Waals surface area contributed by atoms with Crippen molar-refractivity contribution in [2.75, 3.05) is 5.32 Å². The van der Waals surface area contributed by atoms with E-state index in [1.807, 2.05) is 0 Å². The normalized spacial score (nSPS) is 11.3. The van der Waals surface area contributed by atoms with Crippen molar-refractivity contribution in [3.05, 3.63) is 24.3 Å². The molecule has 1 rings (SSSR count). The first-order valence-corrected chi connectivity index (χ1v) is 4.64. The fraction of sp³-hybridized carbons (Fsp3) is 0.125. The van der Waals surface area contributed by atoms with E-state index in [1.165, 1.54) is 31.2 Å². The van der Waals surface area contributed by atoms with Crippen molar-refractivity contribution in [1.82, 2.24) is 0 Å². The van der Waals surface area contributed by atoms with Gasteiger partial charge in [-0.3, -0.25) is 9.00 Å². The summed E-state index contributed by atoms with van der Waals surface area (Å²) in [6, 6.07) is 5.92. The van der Waals surface area contributed by atoms with Crippen LogP contribution >= 0.6 is 0 Å². The molecule has 0 saturated carbocycles. The number of carbonyl (C=O) groups excluding carboxylic acids is 1. The molecule has 1 aromatic carbocycles. The van der Waals surface area contributed by atoms with Gasteiger partial charge in [0.05, 0.1) is 0 Å². The summed E-state index contributed by atoms with van der Waals surface area (Å²) in [5.41, 5.74) is 0.585. The maximum atomic E-state index is 10.6. The zero-order valence-corrected chi connectivity index (χ0v) is 10.8. The Kier molecular flexibility index (Phi) is 6.22. The summed E-state index contributed by atoms with van der Waals surface area (Å²) >= 11 is -2.21. The van der Waals surface area contributed by atoms with Crippen LogP contribution in [0, 0.1) is 0 Å². The zero-order chi connectivity index (χ0) is 9.84. The first-order chi connectivity index (χ1) is 6.09. The molecule has 0 aliphatic heterocycles. The van der Waals surface area contributed by atoms with E-state index in [2.05, 4.69) is 5.32 Å². The van der Waals surface area contributed by atoms with Crippen LogP contribution < -0.4 is 34.9 Å². The summed E-state index contributed by atoms with van der Waals surface area (Å²) in [4.78, 5) is 10.8. The van der Waals surface area contributed by atoms with Crippen LogP contribution in [0.25, 0.3) is 0 Å². The molecule has 1 unspecified atom stereocenters. The van der Waals surface area contributed by atoms with Crippen molar-refractivity contribution < 1.29 is 43.1 Å². The average molecular weight is 221 g/mol. The van der Waals surface area contributed by atoms with Crippen LogP contribution in [0.5, 0.6) is 0 Å². The van der Waals surface area contributed by atoms with Crippen molar-refractivity contribution >= 4 is 22.7 Å². The molecule has 0 fully saturated rings. The molecule has 0 heterocycles. The number of hydrogen-bond donors (Lipinski definition) is 1. The molecular weight excluding hydrogens is 213 g/mol. The molecule has 0 radical (unpaired) electrons. The molecule has 0 spiro atoms. The molecule has 6 heteroatoms. The van der Waals surface area contributed by atoms with Gasteiger partial charge in [0.2, 0.25) is 5.91 Å².